The van der Waals surface area contributed by atoms with E-state index in [1.165, 1.54) is 5.57 Å². The average Bonchev–Trinajstić information content (AvgIpc) is 3.26. The van der Waals surface area contributed by atoms with Gasteiger partial charge in [-0.3, -0.25) is 4.79 Å². The fraction of sp³-hybridized carbons (Fsp3) is 0.938. The summed E-state index contributed by atoms with van der Waals surface area (Å²) in [6.07, 6.45) is -15.1. The number of aliphatic hydroxyl groups excluding tert-OH is 10. The molecule has 3 heterocycles. The number of carboxylic acids is 1. The van der Waals surface area contributed by atoms with Gasteiger partial charge in [-0.15, -0.1) is 0 Å². The van der Waals surface area contributed by atoms with Crippen molar-refractivity contribution in [3.63, 3.8) is 0 Å². The Bertz CT molecular complexity index is 1790. The number of allylic oxidation sites excluding steroid dienone is 2. The SMILES string of the molecule is CC1(C)CC[C@]2(C(=O)O)CC[C@]3(C)C(=CC[C@@H]4[C@@]5(C)CC[C@@H](O[C@@H]6O[C@H](CO)[C@@H](O[C@@H]7O[C@H](CO)[C@@H](O)[C@H](O)[C@H]7O)[C@H](O[C@@H]7O[C@H](CO)[C@H](O)[C@H](O)[C@H]7O)[C@H]6O)C(C)(C)[C@@H]5CC[C@]43C)[C@@H]2C1. The van der Waals surface area contributed by atoms with Crippen LogP contribution < -0.4 is 0 Å². The fourth-order valence-electron chi connectivity index (χ4n) is 15.2. The van der Waals surface area contributed by atoms with Crippen LogP contribution in [0.1, 0.15) is 113 Å². The van der Waals surface area contributed by atoms with E-state index >= 15 is 0 Å². The van der Waals surface area contributed by atoms with Crippen LogP contribution in [0.4, 0.5) is 0 Å². The van der Waals surface area contributed by atoms with Crippen molar-refractivity contribution in [3.05, 3.63) is 11.6 Å². The average molecular weight is 943 g/mol. The first kappa shape index (κ1) is 50.9. The van der Waals surface area contributed by atoms with Gasteiger partial charge < -0.3 is 84.6 Å². The summed E-state index contributed by atoms with van der Waals surface area (Å²) in [4.78, 5) is 13.2. The Balaban J connectivity index is 1.06. The van der Waals surface area contributed by atoms with Crippen LogP contribution in [0.25, 0.3) is 0 Å². The van der Waals surface area contributed by atoms with Gasteiger partial charge in [0.2, 0.25) is 0 Å². The molecule has 7 fully saturated rings. The number of hydrogen-bond donors (Lipinski definition) is 11. The number of carboxylic acid groups (broad SMARTS) is 1. The van der Waals surface area contributed by atoms with Crippen LogP contribution in [0.5, 0.6) is 0 Å². The van der Waals surface area contributed by atoms with E-state index in [-0.39, 0.29) is 33.5 Å². The van der Waals surface area contributed by atoms with Crippen molar-refractivity contribution in [1.82, 2.24) is 0 Å². The molecule has 0 aromatic rings. The highest BCUT2D eigenvalue weighted by atomic mass is 16.8. The highest BCUT2D eigenvalue weighted by Gasteiger charge is 2.70. The molecule has 5 aliphatic carbocycles. The van der Waals surface area contributed by atoms with Gasteiger partial charge in [-0.1, -0.05) is 60.1 Å². The van der Waals surface area contributed by atoms with E-state index in [2.05, 4.69) is 54.5 Å². The van der Waals surface area contributed by atoms with Crippen LogP contribution >= 0.6 is 0 Å². The van der Waals surface area contributed by atoms with Crippen LogP contribution in [0, 0.1) is 50.2 Å². The molecule has 18 nitrogen and oxygen atoms in total. The van der Waals surface area contributed by atoms with E-state index < -0.39 is 135 Å². The number of aliphatic hydroxyl groups is 10. The minimum Gasteiger partial charge on any atom is -0.481 e. The van der Waals surface area contributed by atoms with Crippen molar-refractivity contribution in [2.24, 2.45) is 50.2 Å². The minimum atomic E-state index is -1.90. The quantitative estimate of drug-likeness (QED) is 0.106. The summed E-state index contributed by atoms with van der Waals surface area (Å²) >= 11 is 0. The predicted octanol–water partition coefficient (Wildman–Crippen LogP) is 0.706. The first-order valence-corrected chi connectivity index (χ1v) is 24.3. The molecule has 3 saturated heterocycles. The van der Waals surface area contributed by atoms with Crippen molar-refractivity contribution in [3.8, 4) is 0 Å². The molecular formula is C48H78O18. The van der Waals surface area contributed by atoms with E-state index in [1.54, 1.807) is 0 Å². The lowest BCUT2D eigenvalue weighted by Gasteiger charge is -2.71. The van der Waals surface area contributed by atoms with Crippen LogP contribution in [-0.4, -0.2) is 180 Å². The van der Waals surface area contributed by atoms with Crippen LogP contribution in [0.2, 0.25) is 0 Å². The lowest BCUT2D eigenvalue weighted by molar-refractivity contribution is -0.393. The molecule has 8 rings (SSSR count). The Hall–Kier alpha value is -1.43. The smallest absolute Gasteiger partial charge is 0.310 e. The molecule has 0 aromatic heterocycles. The first-order valence-electron chi connectivity index (χ1n) is 24.3. The summed E-state index contributed by atoms with van der Waals surface area (Å²) < 4.78 is 36.6. The third-order valence-corrected chi connectivity index (χ3v) is 19.4. The second kappa shape index (κ2) is 18.0. The minimum absolute atomic E-state index is 0.00164. The second-order valence-corrected chi connectivity index (χ2v) is 23.5. The van der Waals surface area contributed by atoms with Crippen molar-refractivity contribution in [1.29, 1.82) is 0 Å². The molecule has 66 heavy (non-hydrogen) atoms. The van der Waals surface area contributed by atoms with Gasteiger partial charge in [0.15, 0.2) is 18.9 Å². The Kier molecular flexibility index (Phi) is 13.9. The number of carbonyl (C=O) groups is 1. The maximum absolute atomic E-state index is 13.2. The molecule has 378 valence electrons. The van der Waals surface area contributed by atoms with Gasteiger partial charge in [0, 0.05) is 0 Å². The number of rotatable bonds is 10. The highest BCUT2D eigenvalue weighted by Crippen LogP contribution is 2.76. The van der Waals surface area contributed by atoms with Crippen LogP contribution in [0.3, 0.4) is 0 Å². The van der Waals surface area contributed by atoms with Crippen molar-refractivity contribution >= 4 is 5.97 Å². The maximum atomic E-state index is 13.2. The lowest BCUT2D eigenvalue weighted by atomic mass is 9.33. The molecule has 18 heteroatoms. The molecule has 23 atom stereocenters. The van der Waals surface area contributed by atoms with Gasteiger partial charge in [-0.2, -0.15) is 0 Å². The molecule has 0 amide bonds. The third kappa shape index (κ3) is 7.87. The van der Waals surface area contributed by atoms with Crippen LogP contribution in [-0.2, 0) is 33.2 Å². The number of hydrogen-bond acceptors (Lipinski definition) is 17. The van der Waals surface area contributed by atoms with Gasteiger partial charge >= 0.3 is 5.97 Å². The molecular weight excluding hydrogens is 865 g/mol. The molecule has 8 aliphatic rings. The van der Waals surface area contributed by atoms with E-state index in [1.807, 2.05) is 0 Å². The number of fused-ring (bicyclic) bond motifs is 7. The lowest BCUT2D eigenvalue weighted by Crippen LogP contribution is -2.68. The molecule has 0 spiro atoms. The largest absolute Gasteiger partial charge is 0.481 e. The topological polar surface area (TPSA) is 295 Å². The third-order valence-electron chi connectivity index (χ3n) is 19.4. The van der Waals surface area contributed by atoms with Crippen molar-refractivity contribution < 1.29 is 89.4 Å². The highest BCUT2D eigenvalue weighted by molar-refractivity contribution is 5.76. The van der Waals surface area contributed by atoms with Gasteiger partial charge in [0.25, 0.3) is 0 Å². The predicted molar refractivity (Wildman–Crippen MR) is 231 cm³/mol. The van der Waals surface area contributed by atoms with E-state index in [0.29, 0.717) is 25.2 Å². The Morgan fingerprint density at radius 2 is 1.14 bits per heavy atom. The zero-order chi connectivity index (χ0) is 48.3. The van der Waals surface area contributed by atoms with Gasteiger partial charge in [-0.25, -0.2) is 0 Å². The normalized spacial score (nSPS) is 53.3. The summed E-state index contributed by atoms with van der Waals surface area (Å²) in [7, 11) is 0. The summed E-state index contributed by atoms with van der Waals surface area (Å²) in [5.41, 5.74) is -0.183. The van der Waals surface area contributed by atoms with Crippen molar-refractivity contribution in [2.45, 2.75) is 211 Å². The molecule has 0 bridgehead atoms. The first-order chi connectivity index (χ1) is 30.9. The molecule has 0 radical (unpaired) electrons. The monoisotopic (exact) mass is 943 g/mol. The Labute approximate surface area is 387 Å². The number of aliphatic carboxylic acids is 1. The fourth-order valence-corrected chi connectivity index (χ4v) is 15.2. The molecule has 11 N–H and O–H groups in total. The Morgan fingerprint density at radius 3 is 1.70 bits per heavy atom. The molecule has 0 unspecified atom stereocenters. The van der Waals surface area contributed by atoms with Crippen LogP contribution in [0.15, 0.2) is 11.6 Å². The molecule has 0 aromatic carbocycles. The standard InChI is InChI=1S/C48H78O18/c1-43(2)14-16-48(42(59)60)17-15-46(6)22(23(48)18-43)8-9-28-45(5)12-11-29(44(3,4)27(45)10-13-47(28,46)7)64-41-36(58)38(66-40-35(57)33(55)31(53)25(20-50)62-40)37(26(21-51)63-41)65-39-34(56)32(54)30(52)24(19-49)61-39/h8,23-41,49-58H,9-21H2,1-7H3,(H,59,60)/t23-,24+,25+,26+,27-,28+,29+,30+,31-,32-,33-,34+,35+,36+,37+,38+,39-,40-,41-,45-,46+,47+,48-/m0/s1. The summed E-state index contributed by atoms with van der Waals surface area (Å²) in [6.45, 7) is 13.9. The number of ether oxygens (including phenoxy) is 6. The van der Waals surface area contributed by atoms with E-state index in [9.17, 15) is 61.0 Å². The second-order valence-electron chi connectivity index (χ2n) is 23.5. The maximum Gasteiger partial charge on any atom is 0.310 e. The zero-order valence-electron chi connectivity index (χ0n) is 39.5. The zero-order valence-corrected chi connectivity index (χ0v) is 39.5. The van der Waals surface area contributed by atoms with E-state index in [4.69, 9.17) is 28.4 Å². The summed E-state index contributed by atoms with van der Waals surface area (Å²) in [5.74, 6) is -0.191. The summed E-state index contributed by atoms with van der Waals surface area (Å²) in [6, 6.07) is 0. The molecule has 4 saturated carbocycles. The van der Waals surface area contributed by atoms with Gasteiger partial charge in [0.1, 0.15) is 73.2 Å². The Morgan fingerprint density at radius 1 is 0.606 bits per heavy atom. The van der Waals surface area contributed by atoms with Gasteiger partial charge in [0.05, 0.1) is 31.3 Å². The van der Waals surface area contributed by atoms with Gasteiger partial charge in [-0.05, 0) is 109 Å². The summed E-state index contributed by atoms with van der Waals surface area (Å²) in [5, 5.41) is 118. The van der Waals surface area contributed by atoms with Crippen molar-refractivity contribution in [2.75, 3.05) is 19.8 Å². The molecule has 3 aliphatic heterocycles. The van der Waals surface area contributed by atoms with E-state index in [0.717, 1.165) is 44.9 Å².